The molecule has 0 heterocycles. The zero-order chi connectivity index (χ0) is 17.5. The van der Waals surface area contributed by atoms with Gasteiger partial charge < -0.3 is 15.2 Å². The second-order valence-corrected chi connectivity index (χ2v) is 6.69. The van der Waals surface area contributed by atoms with Crippen molar-refractivity contribution in [3.63, 3.8) is 0 Å². The summed E-state index contributed by atoms with van der Waals surface area (Å²) in [7, 11) is 0. The summed E-state index contributed by atoms with van der Waals surface area (Å²) in [5, 5.41) is 12.6. The lowest BCUT2D eigenvalue weighted by atomic mass is 9.86. The maximum absolute atomic E-state index is 11.0. The first-order chi connectivity index (χ1) is 12.2. The largest absolute Gasteiger partial charge is 0.489 e. The van der Waals surface area contributed by atoms with Crippen LogP contribution in [0.5, 0.6) is 5.75 Å². The third kappa shape index (κ3) is 5.33. The molecule has 25 heavy (non-hydrogen) atoms. The van der Waals surface area contributed by atoms with Gasteiger partial charge >= 0.3 is 5.97 Å². The summed E-state index contributed by atoms with van der Waals surface area (Å²) >= 11 is 0. The van der Waals surface area contributed by atoms with E-state index in [1.807, 2.05) is 30.3 Å². The molecule has 132 valence electrons. The highest BCUT2D eigenvalue weighted by molar-refractivity contribution is 5.70. The predicted molar refractivity (Wildman–Crippen MR) is 97.4 cm³/mol. The Morgan fingerprint density at radius 1 is 1.00 bits per heavy atom. The molecule has 0 bridgehead atoms. The molecular weight excluding hydrogens is 314 g/mol. The summed E-state index contributed by atoms with van der Waals surface area (Å²) in [5.74, 6) is 0.0622. The van der Waals surface area contributed by atoms with Gasteiger partial charge in [0, 0.05) is 12.6 Å². The van der Waals surface area contributed by atoms with Gasteiger partial charge in [-0.25, -0.2) is 0 Å². The van der Waals surface area contributed by atoms with Crippen LogP contribution < -0.4 is 10.1 Å². The van der Waals surface area contributed by atoms with Crippen molar-refractivity contribution < 1.29 is 14.6 Å². The second-order valence-electron chi connectivity index (χ2n) is 6.69. The number of nitrogens with one attached hydrogen (secondary N) is 1. The van der Waals surface area contributed by atoms with Crippen LogP contribution in [-0.2, 0) is 17.9 Å². The van der Waals surface area contributed by atoms with Gasteiger partial charge in [0.05, 0.1) is 5.92 Å². The normalized spacial score (nSPS) is 20.2. The van der Waals surface area contributed by atoms with Crippen molar-refractivity contribution in [2.45, 2.75) is 44.9 Å². The van der Waals surface area contributed by atoms with E-state index in [9.17, 15) is 4.79 Å². The molecule has 3 rings (SSSR count). The number of aliphatic carboxylic acids is 1. The van der Waals surface area contributed by atoms with E-state index in [1.54, 1.807) is 0 Å². The van der Waals surface area contributed by atoms with Gasteiger partial charge in [-0.3, -0.25) is 4.79 Å². The smallest absolute Gasteiger partial charge is 0.306 e. The summed E-state index contributed by atoms with van der Waals surface area (Å²) in [6.07, 6.45) is 3.41. The topological polar surface area (TPSA) is 58.6 Å². The van der Waals surface area contributed by atoms with Crippen LogP contribution >= 0.6 is 0 Å². The van der Waals surface area contributed by atoms with Crippen molar-refractivity contribution in [2.24, 2.45) is 5.92 Å². The van der Waals surface area contributed by atoms with Gasteiger partial charge in [0.15, 0.2) is 0 Å². The molecule has 1 aliphatic rings. The molecule has 0 aliphatic heterocycles. The van der Waals surface area contributed by atoms with Crippen molar-refractivity contribution in [1.82, 2.24) is 5.32 Å². The first-order valence-electron chi connectivity index (χ1n) is 8.92. The molecule has 0 aromatic heterocycles. The molecule has 0 saturated heterocycles. The standard InChI is InChI=1S/C21H25NO3/c23-21(24)18-9-11-19(12-10-18)22-14-17-7-4-8-20(13-17)25-15-16-5-2-1-3-6-16/h1-8,13,18-19,22H,9-12,14-15H2,(H,23,24). The number of hydrogen-bond acceptors (Lipinski definition) is 3. The average molecular weight is 339 g/mol. The highest BCUT2D eigenvalue weighted by Crippen LogP contribution is 2.25. The lowest BCUT2D eigenvalue weighted by molar-refractivity contribution is -0.142. The van der Waals surface area contributed by atoms with Crippen LogP contribution in [0.3, 0.4) is 0 Å². The van der Waals surface area contributed by atoms with E-state index in [1.165, 1.54) is 5.56 Å². The van der Waals surface area contributed by atoms with Gasteiger partial charge in [0.2, 0.25) is 0 Å². The molecule has 0 amide bonds. The van der Waals surface area contributed by atoms with E-state index in [2.05, 4.69) is 29.6 Å². The third-order valence-corrected chi connectivity index (χ3v) is 4.82. The van der Waals surface area contributed by atoms with Crippen LogP contribution in [0, 0.1) is 5.92 Å². The molecule has 0 spiro atoms. The van der Waals surface area contributed by atoms with Crippen molar-refractivity contribution in [2.75, 3.05) is 0 Å². The Balaban J connectivity index is 1.46. The van der Waals surface area contributed by atoms with E-state index < -0.39 is 5.97 Å². The number of ether oxygens (including phenoxy) is 1. The lowest BCUT2D eigenvalue weighted by Crippen LogP contribution is -2.34. The Morgan fingerprint density at radius 3 is 2.44 bits per heavy atom. The summed E-state index contributed by atoms with van der Waals surface area (Å²) < 4.78 is 5.87. The third-order valence-electron chi connectivity index (χ3n) is 4.82. The maximum atomic E-state index is 11.0. The van der Waals surface area contributed by atoms with Crippen LogP contribution in [0.15, 0.2) is 54.6 Å². The van der Waals surface area contributed by atoms with Gasteiger partial charge in [-0.05, 0) is 48.9 Å². The number of hydrogen-bond donors (Lipinski definition) is 2. The number of carboxylic acids is 1. The lowest BCUT2D eigenvalue weighted by Gasteiger charge is -2.27. The first kappa shape index (κ1) is 17.5. The molecule has 1 saturated carbocycles. The maximum Gasteiger partial charge on any atom is 0.306 e. The molecule has 2 aromatic rings. The average Bonchev–Trinajstić information content (AvgIpc) is 2.66. The molecule has 4 heteroatoms. The molecule has 4 nitrogen and oxygen atoms in total. The monoisotopic (exact) mass is 339 g/mol. The van der Waals surface area contributed by atoms with Gasteiger partial charge in [0.25, 0.3) is 0 Å². The molecule has 1 fully saturated rings. The van der Waals surface area contributed by atoms with E-state index in [0.717, 1.165) is 43.5 Å². The van der Waals surface area contributed by atoms with Crippen molar-refractivity contribution in [1.29, 1.82) is 0 Å². The molecule has 2 aromatic carbocycles. The Hall–Kier alpha value is -2.33. The zero-order valence-electron chi connectivity index (χ0n) is 14.4. The van der Waals surface area contributed by atoms with Crippen LogP contribution in [0.2, 0.25) is 0 Å². The fourth-order valence-electron chi connectivity index (χ4n) is 3.29. The van der Waals surface area contributed by atoms with E-state index in [0.29, 0.717) is 12.6 Å². The van der Waals surface area contributed by atoms with Gasteiger partial charge in [-0.1, -0.05) is 42.5 Å². The Labute approximate surface area is 148 Å². The predicted octanol–water partition coefficient (Wildman–Crippen LogP) is 4.00. The highest BCUT2D eigenvalue weighted by Gasteiger charge is 2.25. The fraction of sp³-hybridized carbons (Fsp3) is 0.381. The molecule has 0 atom stereocenters. The van der Waals surface area contributed by atoms with Gasteiger partial charge in [-0.2, -0.15) is 0 Å². The Kier molecular flexibility index (Phi) is 6.07. The number of benzene rings is 2. The molecular formula is C21H25NO3. The number of carbonyl (C=O) groups is 1. The second kappa shape index (κ2) is 8.67. The van der Waals surface area contributed by atoms with Crippen LogP contribution in [-0.4, -0.2) is 17.1 Å². The Bertz CT molecular complexity index is 679. The molecule has 1 aliphatic carbocycles. The van der Waals surface area contributed by atoms with Crippen LogP contribution in [0.25, 0.3) is 0 Å². The van der Waals surface area contributed by atoms with Crippen molar-refractivity contribution >= 4 is 5.97 Å². The SMILES string of the molecule is O=C(O)C1CCC(NCc2cccc(OCc3ccccc3)c2)CC1. The van der Waals surface area contributed by atoms with Crippen molar-refractivity contribution in [3.05, 3.63) is 65.7 Å². The van der Waals surface area contributed by atoms with E-state index >= 15 is 0 Å². The summed E-state index contributed by atoms with van der Waals surface area (Å²) in [6, 6.07) is 18.7. The summed E-state index contributed by atoms with van der Waals surface area (Å²) in [4.78, 5) is 11.0. The Morgan fingerprint density at radius 2 is 1.72 bits per heavy atom. The minimum Gasteiger partial charge on any atom is -0.489 e. The zero-order valence-corrected chi connectivity index (χ0v) is 14.4. The number of carboxylic acid groups (broad SMARTS) is 1. The summed E-state index contributed by atoms with van der Waals surface area (Å²) in [5.41, 5.74) is 2.34. The quantitative estimate of drug-likeness (QED) is 0.800. The van der Waals surface area contributed by atoms with Crippen LogP contribution in [0.1, 0.15) is 36.8 Å². The first-order valence-corrected chi connectivity index (χ1v) is 8.92. The van der Waals surface area contributed by atoms with E-state index in [4.69, 9.17) is 9.84 Å². The minimum atomic E-state index is -0.651. The summed E-state index contributed by atoms with van der Waals surface area (Å²) in [6.45, 7) is 1.35. The molecule has 2 N–H and O–H groups in total. The minimum absolute atomic E-state index is 0.159. The number of rotatable bonds is 7. The highest BCUT2D eigenvalue weighted by atomic mass is 16.5. The van der Waals surface area contributed by atoms with Gasteiger partial charge in [0.1, 0.15) is 12.4 Å². The molecule has 0 unspecified atom stereocenters. The van der Waals surface area contributed by atoms with Gasteiger partial charge in [-0.15, -0.1) is 0 Å². The van der Waals surface area contributed by atoms with Crippen molar-refractivity contribution in [3.8, 4) is 5.75 Å². The van der Waals surface area contributed by atoms with Crippen LogP contribution in [0.4, 0.5) is 0 Å². The van der Waals surface area contributed by atoms with E-state index in [-0.39, 0.29) is 5.92 Å². The fourth-order valence-corrected chi connectivity index (χ4v) is 3.29. The molecule has 0 radical (unpaired) electrons.